The van der Waals surface area contributed by atoms with Crippen molar-refractivity contribution in [3.05, 3.63) is 28.3 Å². The first-order chi connectivity index (χ1) is 10.5. The lowest BCUT2D eigenvalue weighted by Gasteiger charge is -2.23. The molecule has 0 saturated carbocycles. The quantitative estimate of drug-likeness (QED) is 0.634. The fourth-order valence-electron chi connectivity index (χ4n) is 2.05. The lowest BCUT2D eigenvalue weighted by atomic mass is 10.1. The van der Waals surface area contributed by atoms with Crippen LogP contribution >= 0.6 is 11.3 Å². The number of thiophene rings is 1. The fraction of sp³-hybridized carbons (Fsp3) is 0.533. The lowest BCUT2D eigenvalue weighted by molar-refractivity contribution is 0.109. The number of ether oxygens (including phenoxy) is 2. The van der Waals surface area contributed by atoms with Gasteiger partial charge < -0.3 is 25.5 Å². The van der Waals surface area contributed by atoms with E-state index in [1.807, 2.05) is 5.38 Å². The second-order valence-corrected chi connectivity index (χ2v) is 6.52. The van der Waals surface area contributed by atoms with Crippen LogP contribution in [0.1, 0.15) is 17.7 Å². The standard InChI is InChI=1S/C15H24N4O2S/c1-19(2)8-12-6-11(10-22-12)20-5-3-4-18-15-7-13(16)14(17)9-21-15/h6,9-10,15-16,18H,3-5,7-8,17H2,1-2H3/t15-/m1/s1. The second-order valence-electron chi connectivity index (χ2n) is 5.52. The molecule has 122 valence electrons. The highest BCUT2D eigenvalue weighted by Gasteiger charge is 2.17. The minimum atomic E-state index is -0.160. The number of nitrogens with zero attached hydrogens (tertiary/aromatic N) is 1. The van der Waals surface area contributed by atoms with E-state index in [1.54, 1.807) is 11.3 Å². The van der Waals surface area contributed by atoms with Crippen molar-refractivity contribution >= 4 is 17.0 Å². The van der Waals surface area contributed by atoms with Crippen LogP contribution < -0.4 is 15.8 Å². The van der Waals surface area contributed by atoms with Crippen LogP contribution in [0.3, 0.4) is 0 Å². The van der Waals surface area contributed by atoms with Gasteiger partial charge in [-0.25, -0.2) is 0 Å². The molecule has 22 heavy (non-hydrogen) atoms. The van der Waals surface area contributed by atoms with E-state index in [9.17, 15) is 0 Å². The zero-order chi connectivity index (χ0) is 15.9. The number of nitrogens with two attached hydrogens (primary N) is 1. The summed E-state index contributed by atoms with van der Waals surface area (Å²) in [5.74, 6) is 0.938. The SMILES string of the molecule is CN(C)Cc1cc(OCCCN[C@H]2CC(=N)C(N)=CO2)cs1. The van der Waals surface area contributed by atoms with Gasteiger partial charge in [0.2, 0.25) is 0 Å². The summed E-state index contributed by atoms with van der Waals surface area (Å²) in [5.41, 5.74) is 6.41. The maximum Gasteiger partial charge on any atom is 0.155 e. The number of hydrogen-bond donors (Lipinski definition) is 3. The lowest BCUT2D eigenvalue weighted by Crippen LogP contribution is -2.37. The number of allylic oxidation sites excluding steroid dienone is 1. The molecule has 0 saturated heterocycles. The minimum Gasteiger partial charge on any atom is -0.493 e. The number of rotatable bonds is 8. The molecule has 1 aromatic rings. The van der Waals surface area contributed by atoms with Crippen LogP contribution in [-0.2, 0) is 11.3 Å². The smallest absolute Gasteiger partial charge is 0.155 e. The van der Waals surface area contributed by atoms with Crippen molar-refractivity contribution in [3.63, 3.8) is 0 Å². The molecule has 0 bridgehead atoms. The zero-order valence-corrected chi connectivity index (χ0v) is 13.9. The maximum atomic E-state index is 7.66. The molecule has 1 aliphatic rings. The Labute approximate surface area is 135 Å². The van der Waals surface area contributed by atoms with Crippen molar-refractivity contribution in [2.24, 2.45) is 5.73 Å². The van der Waals surface area contributed by atoms with Gasteiger partial charge in [0.05, 0.1) is 18.0 Å². The van der Waals surface area contributed by atoms with Crippen LogP contribution in [0.25, 0.3) is 0 Å². The van der Waals surface area contributed by atoms with Crippen LogP contribution in [-0.4, -0.2) is 44.1 Å². The van der Waals surface area contributed by atoms with Crippen LogP contribution in [0.4, 0.5) is 0 Å². The van der Waals surface area contributed by atoms with Crippen molar-refractivity contribution in [1.82, 2.24) is 10.2 Å². The zero-order valence-electron chi connectivity index (χ0n) is 13.1. The largest absolute Gasteiger partial charge is 0.493 e. The molecule has 0 amide bonds. The van der Waals surface area contributed by atoms with Gasteiger partial charge in [-0.15, -0.1) is 11.3 Å². The predicted octanol–water partition coefficient (Wildman–Crippen LogP) is 1.73. The average Bonchev–Trinajstić information content (AvgIpc) is 2.89. The van der Waals surface area contributed by atoms with Gasteiger partial charge in [0.15, 0.2) is 6.23 Å². The van der Waals surface area contributed by atoms with E-state index in [-0.39, 0.29) is 6.23 Å². The monoisotopic (exact) mass is 324 g/mol. The number of hydrogen-bond acceptors (Lipinski definition) is 7. The highest BCUT2D eigenvalue weighted by molar-refractivity contribution is 7.10. The molecule has 0 unspecified atom stereocenters. The fourth-order valence-corrected chi connectivity index (χ4v) is 2.97. The topological polar surface area (TPSA) is 83.6 Å². The molecule has 0 aromatic carbocycles. The summed E-state index contributed by atoms with van der Waals surface area (Å²) in [6, 6.07) is 2.09. The normalized spacial score (nSPS) is 18.2. The van der Waals surface area contributed by atoms with Crippen molar-refractivity contribution in [3.8, 4) is 5.75 Å². The van der Waals surface area contributed by atoms with E-state index in [0.29, 0.717) is 24.4 Å². The van der Waals surface area contributed by atoms with Crippen molar-refractivity contribution in [1.29, 1.82) is 5.41 Å². The number of nitrogens with one attached hydrogen (secondary N) is 2. The first-order valence-electron chi connectivity index (χ1n) is 7.32. The molecular formula is C15H24N4O2S. The highest BCUT2D eigenvalue weighted by atomic mass is 32.1. The molecule has 0 radical (unpaired) electrons. The van der Waals surface area contributed by atoms with Gasteiger partial charge in [0.25, 0.3) is 0 Å². The van der Waals surface area contributed by atoms with Gasteiger partial charge in [-0.05, 0) is 26.6 Å². The Morgan fingerprint density at radius 3 is 3.09 bits per heavy atom. The summed E-state index contributed by atoms with van der Waals surface area (Å²) in [5, 5.41) is 13.0. The van der Waals surface area contributed by atoms with Crippen molar-refractivity contribution < 1.29 is 9.47 Å². The Hall–Kier alpha value is -1.57. The van der Waals surface area contributed by atoms with Gasteiger partial charge in [-0.2, -0.15) is 0 Å². The summed E-state index contributed by atoms with van der Waals surface area (Å²) in [7, 11) is 4.11. The molecule has 2 heterocycles. The van der Waals surface area contributed by atoms with Crippen molar-refractivity contribution in [2.75, 3.05) is 27.2 Å². The molecule has 6 nitrogen and oxygen atoms in total. The molecule has 1 aliphatic heterocycles. The third-order valence-electron chi connectivity index (χ3n) is 3.16. The van der Waals surface area contributed by atoms with Crippen LogP contribution in [0.15, 0.2) is 23.4 Å². The first-order valence-corrected chi connectivity index (χ1v) is 8.20. The van der Waals surface area contributed by atoms with Crippen molar-refractivity contribution in [2.45, 2.75) is 25.6 Å². The molecular weight excluding hydrogens is 300 g/mol. The first kappa shape index (κ1) is 16.8. The average molecular weight is 324 g/mol. The van der Waals surface area contributed by atoms with E-state index >= 15 is 0 Å². The predicted molar refractivity (Wildman–Crippen MR) is 89.3 cm³/mol. The Balaban J connectivity index is 1.60. The summed E-state index contributed by atoms with van der Waals surface area (Å²) in [6.45, 7) is 2.38. The van der Waals surface area contributed by atoms with Crippen LogP contribution in [0, 0.1) is 5.41 Å². The van der Waals surface area contributed by atoms with E-state index in [4.69, 9.17) is 20.6 Å². The maximum absolute atomic E-state index is 7.66. The van der Waals surface area contributed by atoms with Crippen LogP contribution in [0.5, 0.6) is 5.75 Å². The summed E-state index contributed by atoms with van der Waals surface area (Å²) in [6.07, 6.45) is 2.66. The van der Waals surface area contributed by atoms with Gasteiger partial charge in [0.1, 0.15) is 12.0 Å². The Morgan fingerprint density at radius 1 is 1.55 bits per heavy atom. The third kappa shape index (κ3) is 5.32. The minimum absolute atomic E-state index is 0.160. The molecule has 7 heteroatoms. The van der Waals surface area contributed by atoms with Gasteiger partial charge in [-0.3, -0.25) is 5.32 Å². The summed E-state index contributed by atoms with van der Waals surface area (Å²) >= 11 is 1.72. The van der Waals surface area contributed by atoms with Gasteiger partial charge >= 0.3 is 0 Å². The van der Waals surface area contributed by atoms with E-state index in [0.717, 1.165) is 25.3 Å². The summed E-state index contributed by atoms with van der Waals surface area (Å²) in [4.78, 5) is 3.44. The van der Waals surface area contributed by atoms with E-state index in [1.165, 1.54) is 11.1 Å². The highest BCUT2D eigenvalue weighted by Crippen LogP contribution is 2.22. The Kier molecular flexibility index (Phi) is 6.23. The molecule has 0 fully saturated rings. The molecule has 1 atom stereocenters. The van der Waals surface area contributed by atoms with Gasteiger partial charge in [-0.1, -0.05) is 0 Å². The third-order valence-corrected chi connectivity index (χ3v) is 4.06. The van der Waals surface area contributed by atoms with E-state index in [2.05, 4.69) is 30.4 Å². The molecule has 0 aliphatic carbocycles. The van der Waals surface area contributed by atoms with E-state index < -0.39 is 0 Å². The Bertz CT molecular complexity index is 527. The second kappa shape index (κ2) is 8.17. The molecule has 2 rings (SSSR count). The Morgan fingerprint density at radius 2 is 2.36 bits per heavy atom. The summed E-state index contributed by atoms with van der Waals surface area (Å²) < 4.78 is 11.1. The molecule has 4 N–H and O–H groups in total. The molecule has 1 aromatic heterocycles. The van der Waals surface area contributed by atoms with Gasteiger partial charge in [0, 0.05) is 29.8 Å². The van der Waals surface area contributed by atoms with Crippen LogP contribution in [0.2, 0.25) is 0 Å². The molecule has 0 spiro atoms.